The van der Waals surface area contributed by atoms with Crippen molar-refractivity contribution in [2.75, 3.05) is 6.61 Å². The number of Topliss-reactive ketones (excluding diaryl/α,β-unsaturated/α-hetero) is 1. The van der Waals surface area contributed by atoms with E-state index in [1.165, 1.54) is 6.08 Å². The van der Waals surface area contributed by atoms with Crippen LogP contribution in [-0.4, -0.2) is 51.8 Å². The van der Waals surface area contributed by atoms with Crippen molar-refractivity contribution in [3.8, 4) is 0 Å². The number of carbonyl (C=O) groups is 4. The molecule has 0 saturated heterocycles. The topological polar surface area (TPSA) is 107 Å². The monoisotopic (exact) mass is 532 g/mol. The maximum absolute atomic E-state index is 14.0. The van der Waals surface area contributed by atoms with Gasteiger partial charge in [0.2, 0.25) is 5.78 Å². The van der Waals surface area contributed by atoms with Crippen molar-refractivity contribution in [2.45, 2.75) is 89.2 Å². The van der Waals surface area contributed by atoms with Crippen molar-refractivity contribution in [3.63, 3.8) is 0 Å². The van der Waals surface area contributed by atoms with Crippen molar-refractivity contribution >= 4 is 35.1 Å². The molecule has 0 aliphatic heterocycles. The average molecular weight is 533 g/mol. The fourth-order valence-corrected chi connectivity index (χ4v) is 8.84. The van der Waals surface area contributed by atoms with E-state index in [-0.39, 0.29) is 42.3 Å². The highest BCUT2D eigenvalue weighted by atomic mass is 35.5. The molecule has 0 aromatic heterocycles. The summed E-state index contributed by atoms with van der Waals surface area (Å²) in [6.07, 6.45) is 7.64. The molecule has 0 amide bonds. The molecule has 202 valence electrons. The van der Waals surface area contributed by atoms with Crippen LogP contribution in [0.25, 0.3) is 0 Å². The SMILES string of the molecule is CCC(=O)OCC(=O)[C@@]1(OC(=O)C2CC2)[C@@H](C)C[C@H]2C3CCC4=CC(=O)C=CC4(C)[C@@]3(Cl)[C@@H](O)CC21C. The molecule has 3 unspecified atom stereocenters. The third-order valence-electron chi connectivity index (χ3n) is 10.4. The number of aliphatic hydroxyl groups is 1. The Labute approximate surface area is 223 Å². The third kappa shape index (κ3) is 3.55. The van der Waals surface area contributed by atoms with Crippen molar-refractivity contribution in [3.05, 3.63) is 23.8 Å². The van der Waals surface area contributed by atoms with Gasteiger partial charge in [0.15, 0.2) is 18.0 Å². The Kier molecular flexibility index (Phi) is 6.31. The lowest BCUT2D eigenvalue weighted by Crippen LogP contribution is -2.69. The lowest BCUT2D eigenvalue weighted by Gasteiger charge is -2.64. The summed E-state index contributed by atoms with van der Waals surface area (Å²) in [5.41, 5.74) is -2.22. The molecule has 0 aromatic rings. The van der Waals surface area contributed by atoms with Crippen LogP contribution in [0.5, 0.6) is 0 Å². The minimum Gasteiger partial charge on any atom is -0.457 e. The van der Waals surface area contributed by atoms with Gasteiger partial charge in [-0.3, -0.25) is 19.2 Å². The van der Waals surface area contributed by atoms with E-state index in [4.69, 9.17) is 21.1 Å². The summed E-state index contributed by atoms with van der Waals surface area (Å²) in [5.74, 6) is -2.26. The molecular formula is C29H37ClO7. The second-order valence-corrected chi connectivity index (χ2v) is 12.9. The van der Waals surface area contributed by atoms with Crippen LogP contribution >= 0.6 is 11.6 Å². The molecule has 7 nitrogen and oxygen atoms in total. The number of rotatable bonds is 6. The molecule has 0 spiro atoms. The molecule has 5 rings (SSSR count). The number of allylic oxidation sites excluding steroid dienone is 4. The van der Waals surface area contributed by atoms with Crippen molar-refractivity contribution < 1.29 is 33.8 Å². The minimum atomic E-state index is -1.53. The highest BCUT2D eigenvalue weighted by molar-refractivity contribution is 6.26. The number of alkyl halides is 1. The molecule has 0 heterocycles. The average Bonchev–Trinajstić information content (AvgIpc) is 3.67. The zero-order chi connectivity index (χ0) is 27.0. The van der Waals surface area contributed by atoms with E-state index in [9.17, 15) is 24.3 Å². The Balaban J connectivity index is 1.57. The van der Waals surface area contributed by atoms with Crippen LogP contribution in [0, 0.1) is 34.5 Å². The third-order valence-corrected chi connectivity index (χ3v) is 11.3. The molecule has 0 aromatic carbocycles. The van der Waals surface area contributed by atoms with E-state index >= 15 is 0 Å². The summed E-state index contributed by atoms with van der Waals surface area (Å²) < 4.78 is 11.5. The molecule has 5 aliphatic rings. The maximum atomic E-state index is 14.0. The van der Waals surface area contributed by atoms with Gasteiger partial charge in [-0.1, -0.05) is 39.3 Å². The number of esters is 2. The minimum absolute atomic E-state index is 0.0750. The molecule has 1 N–H and O–H groups in total. The molecule has 8 heteroatoms. The van der Waals surface area contributed by atoms with Gasteiger partial charge in [0.05, 0.1) is 16.9 Å². The lowest BCUT2D eigenvalue weighted by molar-refractivity contribution is -0.204. The molecule has 37 heavy (non-hydrogen) atoms. The fourth-order valence-electron chi connectivity index (χ4n) is 8.32. The van der Waals surface area contributed by atoms with Gasteiger partial charge in [0, 0.05) is 23.2 Å². The summed E-state index contributed by atoms with van der Waals surface area (Å²) in [6, 6.07) is 0. The van der Waals surface area contributed by atoms with E-state index in [0.29, 0.717) is 19.3 Å². The van der Waals surface area contributed by atoms with Gasteiger partial charge in [-0.25, -0.2) is 0 Å². The number of hydrogen-bond acceptors (Lipinski definition) is 7. The first-order valence-corrected chi connectivity index (χ1v) is 14.0. The van der Waals surface area contributed by atoms with E-state index in [1.54, 1.807) is 13.0 Å². The zero-order valence-electron chi connectivity index (χ0n) is 22.1. The van der Waals surface area contributed by atoms with Gasteiger partial charge in [0.25, 0.3) is 0 Å². The van der Waals surface area contributed by atoms with Crippen molar-refractivity contribution in [1.82, 2.24) is 0 Å². The molecule has 0 bridgehead atoms. The number of halogens is 1. The maximum Gasteiger partial charge on any atom is 0.309 e. The number of aliphatic hydroxyl groups excluding tert-OH is 1. The van der Waals surface area contributed by atoms with Gasteiger partial charge < -0.3 is 14.6 Å². The van der Waals surface area contributed by atoms with Crippen LogP contribution in [0.1, 0.15) is 72.6 Å². The zero-order valence-corrected chi connectivity index (χ0v) is 22.8. The van der Waals surface area contributed by atoms with Crippen LogP contribution in [-0.2, 0) is 28.7 Å². The summed E-state index contributed by atoms with van der Waals surface area (Å²) in [5, 5.41) is 11.8. The quantitative estimate of drug-likeness (QED) is 0.405. The Bertz CT molecular complexity index is 1110. The van der Waals surface area contributed by atoms with Crippen LogP contribution in [0.2, 0.25) is 0 Å². The van der Waals surface area contributed by atoms with Gasteiger partial charge in [-0.15, -0.1) is 11.6 Å². The number of ketones is 2. The molecule has 0 radical (unpaired) electrons. The van der Waals surface area contributed by atoms with E-state index in [0.717, 1.165) is 18.4 Å². The largest absolute Gasteiger partial charge is 0.457 e. The second-order valence-electron chi connectivity index (χ2n) is 12.3. The van der Waals surface area contributed by atoms with E-state index in [2.05, 4.69) is 0 Å². The van der Waals surface area contributed by atoms with Crippen molar-refractivity contribution in [1.29, 1.82) is 0 Å². The number of ether oxygens (including phenoxy) is 2. The Hall–Kier alpha value is -1.99. The normalized spacial score (nSPS) is 44.3. The first-order chi connectivity index (χ1) is 17.3. The number of carbonyl (C=O) groups excluding carboxylic acids is 4. The van der Waals surface area contributed by atoms with Gasteiger partial charge in [-0.2, -0.15) is 0 Å². The smallest absolute Gasteiger partial charge is 0.309 e. The summed E-state index contributed by atoms with van der Waals surface area (Å²) >= 11 is 7.51. The van der Waals surface area contributed by atoms with Crippen molar-refractivity contribution in [2.24, 2.45) is 34.5 Å². The summed E-state index contributed by atoms with van der Waals surface area (Å²) in [4.78, 5) is 50.1. The summed E-state index contributed by atoms with van der Waals surface area (Å²) in [6.45, 7) is 7.03. The van der Waals surface area contributed by atoms with Gasteiger partial charge in [-0.05, 0) is 62.5 Å². The summed E-state index contributed by atoms with van der Waals surface area (Å²) in [7, 11) is 0. The van der Waals surface area contributed by atoms with Crippen LogP contribution in [0.4, 0.5) is 0 Å². The van der Waals surface area contributed by atoms with Gasteiger partial charge >= 0.3 is 11.9 Å². The Morgan fingerprint density at radius 2 is 1.86 bits per heavy atom. The van der Waals surface area contributed by atoms with Crippen LogP contribution in [0.3, 0.4) is 0 Å². The second kappa shape index (κ2) is 8.77. The Morgan fingerprint density at radius 3 is 2.51 bits per heavy atom. The number of hydrogen-bond donors (Lipinski definition) is 1. The highest BCUT2D eigenvalue weighted by Crippen LogP contribution is 2.72. The molecule has 5 aliphatic carbocycles. The lowest BCUT2D eigenvalue weighted by atomic mass is 9.45. The first kappa shape index (κ1) is 26.6. The molecule has 4 fully saturated rings. The number of fused-ring (bicyclic) bond motifs is 5. The standard InChI is InChI=1S/C29H37ClO7/c1-5-24(34)36-15-23(33)29(37-25(35)17-6-7-17)16(2)12-21-20-9-8-18-13-19(31)10-11-26(18,3)28(20,30)22(32)14-27(21,29)4/h10-11,13,16-17,20-22,32H,5-9,12,14-15H2,1-4H3/t16-,20?,21-,22-,26?,27?,28-,29-/m0/s1. The molecule has 4 saturated carbocycles. The molecule has 8 atom stereocenters. The predicted octanol–water partition coefficient (Wildman–Crippen LogP) is 4.09. The van der Waals surface area contributed by atoms with E-state index in [1.807, 2.05) is 26.8 Å². The van der Waals surface area contributed by atoms with Crippen LogP contribution < -0.4 is 0 Å². The first-order valence-electron chi connectivity index (χ1n) is 13.6. The van der Waals surface area contributed by atoms with Crippen LogP contribution in [0.15, 0.2) is 23.8 Å². The van der Waals surface area contributed by atoms with E-state index < -0.39 is 51.7 Å². The Morgan fingerprint density at radius 1 is 1.16 bits per heavy atom. The highest BCUT2D eigenvalue weighted by Gasteiger charge is 2.76. The van der Waals surface area contributed by atoms with Gasteiger partial charge in [0.1, 0.15) is 0 Å². The predicted molar refractivity (Wildman–Crippen MR) is 135 cm³/mol. The fraction of sp³-hybridized carbons (Fsp3) is 0.724. The molecular weight excluding hydrogens is 496 g/mol.